The number of fused-ring (bicyclic) bond motifs is 1. The van der Waals surface area contributed by atoms with Crippen molar-refractivity contribution in [2.45, 2.75) is 26.7 Å². The fourth-order valence-corrected chi connectivity index (χ4v) is 4.14. The first kappa shape index (κ1) is 14.8. The van der Waals surface area contributed by atoms with Gasteiger partial charge in [0.1, 0.15) is 5.76 Å². The van der Waals surface area contributed by atoms with Crippen molar-refractivity contribution in [2.24, 2.45) is 11.8 Å². The molecule has 0 amide bonds. The lowest BCUT2D eigenvalue weighted by atomic mass is 9.71. The molecule has 5 nitrogen and oxygen atoms in total. The molecule has 6 heteroatoms. The Labute approximate surface area is 121 Å². The molecule has 2 atom stereocenters. The molecule has 0 saturated heterocycles. The van der Waals surface area contributed by atoms with Gasteiger partial charge in [-0.2, -0.15) is 0 Å². The maximum absolute atomic E-state index is 11.4. The maximum Gasteiger partial charge on any atom is 0.333 e. The van der Waals surface area contributed by atoms with Crippen molar-refractivity contribution in [3.8, 4) is 0 Å². The summed E-state index contributed by atoms with van der Waals surface area (Å²) in [5, 5.41) is 26.6. The molecule has 0 aromatic heterocycles. The molecule has 0 aliphatic heterocycles. The fourth-order valence-electron chi connectivity index (χ4n) is 2.82. The van der Waals surface area contributed by atoms with E-state index in [1.807, 2.05) is 0 Å². The Balaban J connectivity index is 2.18. The summed E-state index contributed by atoms with van der Waals surface area (Å²) in [6, 6.07) is 0. The number of Topliss-reactive ketones (excluding diaryl/α,β-unsaturated/α-hetero) is 1. The molecule has 0 aromatic rings. The number of carbonyl (C=O) groups is 2. The van der Waals surface area contributed by atoms with E-state index in [1.54, 1.807) is 6.92 Å². The lowest BCUT2D eigenvalue weighted by Crippen LogP contribution is -2.33. The van der Waals surface area contributed by atoms with E-state index in [0.717, 1.165) is 4.91 Å². The van der Waals surface area contributed by atoms with Crippen LogP contribution in [0.1, 0.15) is 26.7 Å². The molecule has 0 spiro atoms. The highest BCUT2D eigenvalue weighted by molar-refractivity contribution is 8.03. The Morgan fingerprint density at radius 3 is 2.50 bits per heavy atom. The molecule has 20 heavy (non-hydrogen) atoms. The highest BCUT2D eigenvalue weighted by atomic mass is 32.2. The number of aliphatic carboxylic acids is 1. The quantitative estimate of drug-likeness (QED) is 0.654. The highest BCUT2D eigenvalue weighted by Gasteiger charge is 2.52. The standard InChI is InChI=1S/C14H17NO4S/c1-6(15)3-4-20-9-5-8-10(7(2)16)13(17)11(8)12(9)14(18)19/h8,11,15,17H,3-5H2,1-2H3,(H,18,19). The molecule has 2 unspecified atom stereocenters. The van der Waals surface area contributed by atoms with Crippen molar-refractivity contribution in [1.29, 1.82) is 5.41 Å². The van der Waals surface area contributed by atoms with E-state index in [-0.39, 0.29) is 23.0 Å². The third-order valence-electron chi connectivity index (χ3n) is 3.72. The zero-order valence-corrected chi connectivity index (χ0v) is 12.2. The minimum atomic E-state index is -1.03. The lowest BCUT2D eigenvalue weighted by Gasteiger charge is -2.33. The van der Waals surface area contributed by atoms with Crippen LogP contribution in [0.4, 0.5) is 0 Å². The Morgan fingerprint density at radius 2 is 2.00 bits per heavy atom. The maximum atomic E-state index is 11.4. The topological polar surface area (TPSA) is 98.5 Å². The van der Waals surface area contributed by atoms with Gasteiger partial charge in [0.15, 0.2) is 5.78 Å². The molecule has 0 saturated carbocycles. The second-order valence-electron chi connectivity index (χ2n) is 5.16. The first-order valence-corrected chi connectivity index (χ1v) is 7.40. The van der Waals surface area contributed by atoms with Crippen LogP contribution in [0.25, 0.3) is 0 Å². The van der Waals surface area contributed by atoms with E-state index in [4.69, 9.17) is 5.41 Å². The molecule has 0 radical (unpaired) electrons. The van der Waals surface area contributed by atoms with Crippen molar-refractivity contribution in [3.05, 3.63) is 21.8 Å². The minimum Gasteiger partial charge on any atom is -0.511 e. The molecule has 108 valence electrons. The van der Waals surface area contributed by atoms with Gasteiger partial charge in [-0.25, -0.2) is 4.79 Å². The molecule has 3 N–H and O–H groups in total. The smallest absolute Gasteiger partial charge is 0.333 e. The summed E-state index contributed by atoms with van der Waals surface area (Å²) < 4.78 is 0. The van der Waals surface area contributed by atoms with Crippen LogP contribution < -0.4 is 0 Å². The Bertz CT molecular complexity index is 562. The van der Waals surface area contributed by atoms with Crippen LogP contribution in [0, 0.1) is 17.2 Å². The minimum absolute atomic E-state index is 0.0706. The third-order valence-corrected chi connectivity index (χ3v) is 4.87. The summed E-state index contributed by atoms with van der Waals surface area (Å²) in [4.78, 5) is 23.6. The van der Waals surface area contributed by atoms with Crippen LogP contribution in [0.5, 0.6) is 0 Å². The predicted octanol–water partition coefficient (Wildman–Crippen LogP) is 2.54. The van der Waals surface area contributed by atoms with Gasteiger partial charge in [0.2, 0.25) is 0 Å². The van der Waals surface area contributed by atoms with Gasteiger partial charge in [0.05, 0.1) is 11.5 Å². The average molecular weight is 295 g/mol. The lowest BCUT2D eigenvalue weighted by molar-refractivity contribution is -0.133. The van der Waals surface area contributed by atoms with Crippen LogP contribution >= 0.6 is 11.8 Å². The number of carbonyl (C=O) groups excluding carboxylic acids is 1. The Morgan fingerprint density at radius 1 is 1.35 bits per heavy atom. The number of thioether (sulfide) groups is 1. The number of allylic oxidation sites excluding steroid dienone is 3. The van der Waals surface area contributed by atoms with Gasteiger partial charge in [0, 0.05) is 23.0 Å². The summed E-state index contributed by atoms with van der Waals surface area (Å²) in [5.74, 6) is -1.33. The van der Waals surface area contributed by atoms with Crippen LogP contribution in [-0.4, -0.2) is 33.4 Å². The second kappa shape index (κ2) is 5.44. The van der Waals surface area contributed by atoms with Gasteiger partial charge in [-0.3, -0.25) is 4.79 Å². The van der Waals surface area contributed by atoms with Gasteiger partial charge in [-0.05, 0) is 31.6 Å². The number of hydrogen-bond donors (Lipinski definition) is 3. The van der Waals surface area contributed by atoms with E-state index in [2.05, 4.69) is 0 Å². The van der Waals surface area contributed by atoms with Gasteiger partial charge in [-0.1, -0.05) is 0 Å². The molecule has 2 rings (SSSR count). The van der Waals surface area contributed by atoms with E-state index in [1.165, 1.54) is 18.7 Å². The normalized spacial score (nSPS) is 24.5. The zero-order chi connectivity index (χ0) is 15.0. The largest absolute Gasteiger partial charge is 0.511 e. The molecule has 0 fully saturated rings. The SMILES string of the molecule is CC(=N)CCSC1=C(C(=O)O)C2C(O)=C(C(C)=O)C2C1. The number of carboxylic acid groups (broad SMARTS) is 1. The Hall–Kier alpha value is -1.56. The van der Waals surface area contributed by atoms with E-state index in [0.29, 0.717) is 29.9 Å². The highest BCUT2D eigenvalue weighted by Crippen LogP contribution is 2.55. The zero-order valence-electron chi connectivity index (χ0n) is 11.4. The molecule has 2 aliphatic rings. The molecular weight excluding hydrogens is 278 g/mol. The van der Waals surface area contributed by atoms with Gasteiger partial charge >= 0.3 is 5.97 Å². The summed E-state index contributed by atoms with van der Waals surface area (Å²) in [5.41, 5.74) is 1.17. The van der Waals surface area contributed by atoms with Gasteiger partial charge in [0.25, 0.3) is 0 Å². The molecule has 0 aromatic carbocycles. The van der Waals surface area contributed by atoms with Gasteiger partial charge < -0.3 is 15.6 Å². The number of nitrogens with one attached hydrogen (secondary N) is 1. The molecule has 0 heterocycles. The van der Waals surface area contributed by atoms with Crippen molar-refractivity contribution in [3.63, 3.8) is 0 Å². The van der Waals surface area contributed by atoms with Gasteiger partial charge in [-0.15, -0.1) is 11.8 Å². The molecule has 0 bridgehead atoms. The van der Waals surface area contributed by atoms with Crippen LogP contribution in [0.15, 0.2) is 21.8 Å². The summed E-state index contributed by atoms with van der Waals surface area (Å²) in [6.07, 6.45) is 1.11. The van der Waals surface area contributed by atoms with E-state index < -0.39 is 11.9 Å². The third kappa shape index (κ3) is 2.40. The number of aliphatic hydroxyl groups is 1. The summed E-state index contributed by atoms with van der Waals surface area (Å²) >= 11 is 1.42. The second-order valence-corrected chi connectivity index (χ2v) is 6.35. The van der Waals surface area contributed by atoms with Crippen LogP contribution in [-0.2, 0) is 9.59 Å². The number of rotatable bonds is 6. The van der Waals surface area contributed by atoms with Crippen molar-refractivity contribution < 1.29 is 19.8 Å². The van der Waals surface area contributed by atoms with Crippen molar-refractivity contribution in [1.82, 2.24) is 0 Å². The number of carboxylic acids is 1. The average Bonchev–Trinajstić information content (AvgIpc) is 2.63. The van der Waals surface area contributed by atoms with Crippen LogP contribution in [0.3, 0.4) is 0 Å². The van der Waals surface area contributed by atoms with Crippen molar-refractivity contribution in [2.75, 3.05) is 5.75 Å². The van der Waals surface area contributed by atoms with E-state index >= 15 is 0 Å². The Kier molecular flexibility index (Phi) is 4.04. The molecule has 2 aliphatic carbocycles. The van der Waals surface area contributed by atoms with Crippen molar-refractivity contribution >= 4 is 29.2 Å². The van der Waals surface area contributed by atoms with E-state index in [9.17, 15) is 19.8 Å². The van der Waals surface area contributed by atoms with Crippen LogP contribution in [0.2, 0.25) is 0 Å². The first-order chi connectivity index (χ1) is 9.34. The first-order valence-electron chi connectivity index (χ1n) is 6.41. The predicted molar refractivity (Wildman–Crippen MR) is 77.1 cm³/mol. The number of aliphatic hydroxyl groups excluding tert-OH is 1. The summed E-state index contributed by atoms with van der Waals surface area (Å²) in [6.45, 7) is 3.11. The fraction of sp³-hybridized carbons (Fsp3) is 0.500. The number of ketones is 1. The molecular formula is C14H17NO4S. The number of hydrogen-bond acceptors (Lipinski definition) is 5. The summed E-state index contributed by atoms with van der Waals surface area (Å²) in [7, 11) is 0. The monoisotopic (exact) mass is 295 g/mol.